The number of benzene rings is 3. The standard InChI is InChI=1S/C23H19N3O3/c27-22(25-24-13-16-8-10-17(11-9-16)23(28)29)18-6-3-7-21(12-18)26-14-19-4-1-2-5-20(19)15-26/h1-13H,14-15H2,(H,25,27)(H,28,29). The second kappa shape index (κ2) is 7.98. The lowest BCUT2D eigenvalue weighted by Crippen LogP contribution is -2.19. The van der Waals surface area contributed by atoms with Crippen LogP contribution in [0.4, 0.5) is 5.69 Å². The molecule has 0 radical (unpaired) electrons. The second-order valence-corrected chi connectivity index (χ2v) is 6.80. The number of nitrogens with one attached hydrogen (secondary N) is 1. The molecule has 144 valence electrons. The number of nitrogens with zero attached hydrogens (tertiary/aromatic N) is 2. The number of fused-ring (bicyclic) bond motifs is 1. The summed E-state index contributed by atoms with van der Waals surface area (Å²) in [5.74, 6) is -1.29. The van der Waals surface area contributed by atoms with Crippen LogP contribution in [0.1, 0.15) is 37.4 Å². The summed E-state index contributed by atoms with van der Waals surface area (Å²) in [6, 6.07) is 22.0. The summed E-state index contributed by atoms with van der Waals surface area (Å²) in [7, 11) is 0. The first-order valence-electron chi connectivity index (χ1n) is 9.19. The molecule has 0 saturated heterocycles. The molecular weight excluding hydrogens is 366 g/mol. The number of amides is 1. The van der Waals surface area contributed by atoms with Gasteiger partial charge in [-0.1, -0.05) is 42.5 Å². The van der Waals surface area contributed by atoms with E-state index in [1.54, 1.807) is 18.2 Å². The van der Waals surface area contributed by atoms with Crippen molar-refractivity contribution in [3.8, 4) is 0 Å². The highest BCUT2D eigenvalue weighted by Crippen LogP contribution is 2.28. The normalized spacial score (nSPS) is 12.8. The Morgan fingerprint density at radius 3 is 2.24 bits per heavy atom. The van der Waals surface area contributed by atoms with Gasteiger partial charge in [-0.05, 0) is 47.0 Å². The Labute approximate surface area is 168 Å². The molecule has 0 unspecified atom stereocenters. The van der Waals surface area contributed by atoms with Gasteiger partial charge in [-0.15, -0.1) is 0 Å². The van der Waals surface area contributed by atoms with Crippen molar-refractivity contribution in [3.05, 3.63) is 101 Å². The van der Waals surface area contributed by atoms with Gasteiger partial charge in [0.25, 0.3) is 5.91 Å². The molecule has 3 aromatic carbocycles. The molecule has 3 aromatic rings. The molecule has 1 amide bonds. The number of rotatable bonds is 5. The van der Waals surface area contributed by atoms with Crippen LogP contribution in [0.3, 0.4) is 0 Å². The molecular formula is C23H19N3O3. The summed E-state index contributed by atoms with van der Waals surface area (Å²) in [6.07, 6.45) is 1.48. The Balaban J connectivity index is 1.41. The average Bonchev–Trinajstić information content (AvgIpc) is 3.18. The van der Waals surface area contributed by atoms with E-state index < -0.39 is 5.97 Å². The molecule has 1 aliphatic rings. The van der Waals surface area contributed by atoms with Crippen LogP contribution in [-0.2, 0) is 13.1 Å². The molecule has 0 aliphatic carbocycles. The van der Waals surface area contributed by atoms with Crippen molar-refractivity contribution in [1.82, 2.24) is 5.43 Å². The predicted octanol–water partition coefficient (Wildman–Crippen LogP) is 3.67. The third-order valence-corrected chi connectivity index (χ3v) is 4.85. The van der Waals surface area contributed by atoms with Gasteiger partial charge in [0.15, 0.2) is 0 Å². The largest absolute Gasteiger partial charge is 0.478 e. The molecule has 6 nitrogen and oxygen atoms in total. The number of carboxylic acid groups (broad SMARTS) is 1. The van der Waals surface area contributed by atoms with E-state index in [-0.39, 0.29) is 11.5 Å². The fraction of sp³-hybridized carbons (Fsp3) is 0.0870. The van der Waals surface area contributed by atoms with Gasteiger partial charge in [-0.2, -0.15) is 5.10 Å². The number of carbonyl (C=O) groups is 2. The van der Waals surface area contributed by atoms with Gasteiger partial charge in [0.05, 0.1) is 11.8 Å². The summed E-state index contributed by atoms with van der Waals surface area (Å²) in [6.45, 7) is 1.65. The minimum Gasteiger partial charge on any atom is -0.478 e. The highest BCUT2D eigenvalue weighted by atomic mass is 16.4. The molecule has 4 rings (SSSR count). The minimum absolute atomic E-state index is 0.201. The zero-order valence-electron chi connectivity index (χ0n) is 15.6. The van der Waals surface area contributed by atoms with Crippen LogP contribution in [0.2, 0.25) is 0 Å². The van der Waals surface area contributed by atoms with E-state index in [1.807, 2.05) is 30.3 Å². The Morgan fingerprint density at radius 1 is 0.897 bits per heavy atom. The molecule has 6 heteroatoms. The molecule has 0 saturated carbocycles. The zero-order chi connectivity index (χ0) is 20.2. The van der Waals surface area contributed by atoms with E-state index in [4.69, 9.17) is 5.11 Å². The summed E-state index contributed by atoms with van der Waals surface area (Å²) in [4.78, 5) is 25.5. The number of carboxylic acids is 1. The van der Waals surface area contributed by atoms with Crippen molar-refractivity contribution in [2.45, 2.75) is 13.1 Å². The van der Waals surface area contributed by atoms with Crippen LogP contribution in [0.5, 0.6) is 0 Å². The van der Waals surface area contributed by atoms with Crippen LogP contribution in [-0.4, -0.2) is 23.2 Å². The minimum atomic E-state index is -0.984. The van der Waals surface area contributed by atoms with Crippen LogP contribution >= 0.6 is 0 Å². The monoisotopic (exact) mass is 385 g/mol. The maximum Gasteiger partial charge on any atom is 0.335 e. The lowest BCUT2D eigenvalue weighted by atomic mass is 10.1. The fourth-order valence-electron chi connectivity index (χ4n) is 3.30. The first-order chi connectivity index (χ1) is 14.1. The van der Waals surface area contributed by atoms with Gasteiger partial charge >= 0.3 is 5.97 Å². The van der Waals surface area contributed by atoms with Crippen LogP contribution in [0.25, 0.3) is 0 Å². The van der Waals surface area contributed by atoms with Crippen LogP contribution in [0.15, 0.2) is 77.9 Å². The Kier molecular flexibility index (Phi) is 5.07. The summed E-state index contributed by atoms with van der Waals surface area (Å²) < 4.78 is 0. The fourth-order valence-corrected chi connectivity index (χ4v) is 3.30. The molecule has 0 bridgehead atoms. The van der Waals surface area contributed by atoms with Gasteiger partial charge in [0.2, 0.25) is 0 Å². The van der Waals surface area contributed by atoms with E-state index in [2.05, 4.69) is 27.6 Å². The van der Waals surface area contributed by atoms with Crippen LogP contribution < -0.4 is 10.3 Å². The molecule has 0 atom stereocenters. The summed E-state index contributed by atoms with van der Waals surface area (Å²) >= 11 is 0. The summed E-state index contributed by atoms with van der Waals surface area (Å²) in [5, 5.41) is 12.9. The Hall–Kier alpha value is -3.93. The van der Waals surface area contributed by atoms with E-state index in [0.717, 1.165) is 18.8 Å². The molecule has 0 fully saturated rings. The molecule has 1 aliphatic heterocycles. The van der Waals surface area contributed by atoms with E-state index in [0.29, 0.717) is 11.1 Å². The first kappa shape index (κ1) is 18.4. The number of hydrogen-bond acceptors (Lipinski definition) is 4. The van der Waals surface area contributed by atoms with Crippen LogP contribution in [0, 0.1) is 0 Å². The number of hydrogen-bond donors (Lipinski definition) is 2. The van der Waals surface area contributed by atoms with E-state index >= 15 is 0 Å². The number of carbonyl (C=O) groups excluding carboxylic acids is 1. The third-order valence-electron chi connectivity index (χ3n) is 4.85. The quantitative estimate of drug-likeness (QED) is 0.519. The lowest BCUT2D eigenvalue weighted by molar-refractivity contribution is 0.0696. The van der Waals surface area contributed by atoms with Gasteiger partial charge in [0, 0.05) is 24.3 Å². The van der Waals surface area contributed by atoms with Gasteiger partial charge in [-0.25, -0.2) is 10.2 Å². The van der Waals surface area contributed by atoms with Crippen molar-refractivity contribution in [1.29, 1.82) is 0 Å². The van der Waals surface area contributed by atoms with Gasteiger partial charge in [0.1, 0.15) is 0 Å². The number of aromatic carboxylic acids is 1. The van der Waals surface area contributed by atoms with Gasteiger partial charge < -0.3 is 10.0 Å². The van der Waals surface area contributed by atoms with Crippen molar-refractivity contribution >= 4 is 23.8 Å². The number of anilines is 1. The molecule has 0 aromatic heterocycles. The smallest absolute Gasteiger partial charge is 0.335 e. The number of hydrazone groups is 1. The highest BCUT2D eigenvalue weighted by Gasteiger charge is 2.19. The maximum atomic E-state index is 12.4. The van der Waals surface area contributed by atoms with Crippen molar-refractivity contribution in [3.63, 3.8) is 0 Å². The molecule has 1 heterocycles. The Bertz CT molecular complexity index is 1070. The van der Waals surface area contributed by atoms with Crippen molar-refractivity contribution in [2.24, 2.45) is 5.10 Å². The molecule has 2 N–H and O–H groups in total. The van der Waals surface area contributed by atoms with Gasteiger partial charge in [-0.3, -0.25) is 4.79 Å². The zero-order valence-corrected chi connectivity index (χ0v) is 15.6. The first-order valence-corrected chi connectivity index (χ1v) is 9.19. The summed E-state index contributed by atoms with van der Waals surface area (Å²) in [5.41, 5.74) is 7.54. The van der Waals surface area contributed by atoms with Crippen molar-refractivity contribution < 1.29 is 14.7 Å². The Morgan fingerprint density at radius 2 is 1.59 bits per heavy atom. The molecule has 0 spiro atoms. The molecule has 29 heavy (non-hydrogen) atoms. The highest BCUT2D eigenvalue weighted by molar-refractivity contribution is 5.96. The predicted molar refractivity (Wildman–Crippen MR) is 111 cm³/mol. The average molecular weight is 385 g/mol. The third kappa shape index (κ3) is 4.16. The van der Waals surface area contributed by atoms with Crippen molar-refractivity contribution in [2.75, 3.05) is 4.90 Å². The maximum absolute atomic E-state index is 12.4. The second-order valence-electron chi connectivity index (χ2n) is 6.80. The lowest BCUT2D eigenvalue weighted by Gasteiger charge is -2.18. The van der Waals surface area contributed by atoms with E-state index in [1.165, 1.54) is 29.5 Å². The SMILES string of the molecule is O=C(O)c1ccc(C=NNC(=O)c2cccc(N3Cc4ccccc4C3)c2)cc1. The van der Waals surface area contributed by atoms with E-state index in [9.17, 15) is 9.59 Å². The topological polar surface area (TPSA) is 82.0 Å².